The van der Waals surface area contributed by atoms with Crippen molar-refractivity contribution in [2.45, 2.75) is 38.5 Å². The van der Waals surface area contributed by atoms with Crippen LogP contribution in [-0.4, -0.2) is 4.57 Å². The van der Waals surface area contributed by atoms with Crippen LogP contribution in [0.15, 0.2) is 21.7 Å². The van der Waals surface area contributed by atoms with Crippen LogP contribution in [0.2, 0.25) is 0 Å². The van der Waals surface area contributed by atoms with Crippen LogP contribution in [0.25, 0.3) is 12.2 Å². The minimum absolute atomic E-state index is 0.178. The quantitative estimate of drug-likeness (QED) is 0.726. The molecule has 0 saturated carbocycles. The second-order valence-electron chi connectivity index (χ2n) is 5.90. The Morgan fingerprint density at radius 3 is 1.70 bits per heavy atom. The highest BCUT2D eigenvalue weighted by molar-refractivity contribution is 5.66. The standard InChI is InChI=1S/C17H19NO2/c1-10-6-4-8-12-14(10)15-11(2)7-5-9-13(15)17(20)18(3)16(12)19/h4-5,8-11H,6-7H2,1-3H3. The summed E-state index contributed by atoms with van der Waals surface area (Å²) in [6.45, 7) is 4.27. The summed E-state index contributed by atoms with van der Waals surface area (Å²) < 4.78 is 1.25. The fourth-order valence-electron chi connectivity index (χ4n) is 3.37. The van der Waals surface area contributed by atoms with E-state index in [1.165, 1.54) is 4.57 Å². The molecule has 2 aliphatic rings. The molecule has 1 heterocycles. The number of nitrogens with zero attached hydrogens (tertiary/aromatic N) is 1. The van der Waals surface area contributed by atoms with Crippen molar-refractivity contribution in [3.63, 3.8) is 0 Å². The van der Waals surface area contributed by atoms with Crippen LogP contribution in [0, 0.1) is 0 Å². The average Bonchev–Trinajstić information content (AvgIpc) is 2.52. The van der Waals surface area contributed by atoms with Gasteiger partial charge in [-0.25, -0.2) is 0 Å². The molecule has 2 aliphatic carbocycles. The molecule has 0 radical (unpaired) electrons. The van der Waals surface area contributed by atoms with Gasteiger partial charge in [0.05, 0.1) is 0 Å². The highest BCUT2D eigenvalue weighted by Crippen LogP contribution is 2.37. The van der Waals surface area contributed by atoms with Crippen LogP contribution < -0.4 is 11.1 Å². The Balaban J connectivity index is 2.59. The molecule has 1 aromatic rings. The molecule has 3 heteroatoms. The van der Waals surface area contributed by atoms with Gasteiger partial charge in [0.15, 0.2) is 0 Å². The Kier molecular flexibility index (Phi) is 3.00. The average molecular weight is 269 g/mol. The van der Waals surface area contributed by atoms with Gasteiger partial charge in [0.25, 0.3) is 11.1 Å². The maximum Gasteiger partial charge on any atom is 0.260 e. The summed E-state index contributed by atoms with van der Waals surface area (Å²) in [5.74, 6) is 0.578. The van der Waals surface area contributed by atoms with E-state index in [9.17, 15) is 9.59 Å². The van der Waals surface area contributed by atoms with Gasteiger partial charge in [0, 0.05) is 18.2 Å². The van der Waals surface area contributed by atoms with Gasteiger partial charge in [-0.1, -0.05) is 38.2 Å². The van der Waals surface area contributed by atoms with Gasteiger partial charge < -0.3 is 0 Å². The van der Waals surface area contributed by atoms with Crippen LogP contribution in [0.3, 0.4) is 0 Å². The number of rotatable bonds is 0. The highest BCUT2D eigenvalue weighted by atomic mass is 16.2. The van der Waals surface area contributed by atoms with Gasteiger partial charge in [-0.05, 0) is 35.8 Å². The van der Waals surface area contributed by atoms with E-state index in [0.717, 1.165) is 24.0 Å². The second kappa shape index (κ2) is 4.58. The van der Waals surface area contributed by atoms with Crippen LogP contribution in [-0.2, 0) is 7.05 Å². The van der Waals surface area contributed by atoms with Crippen molar-refractivity contribution >= 4 is 12.2 Å². The Labute approximate surface area is 118 Å². The van der Waals surface area contributed by atoms with E-state index in [1.807, 2.05) is 24.3 Å². The molecular formula is C17H19NO2. The van der Waals surface area contributed by atoms with Gasteiger partial charge in [-0.3, -0.25) is 14.2 Å². The molecule has 1 aromatic heterocycles. The first kappa shape index (κ1) is 13.1. The van der Waals surface area contributed by atoms with Crippen molar-refractivity contribution in [1.82, 2.24) is 4.57 Å². The van der Waals surface area contributed by atoms with E-state index >= 15 is 0 Å². The largest absolute Gasteiger partial charge is 0.278 e. The van der Waals surface area contributed by atoms with E-state index in [0.29, 0.717) is 11.1 Å². The number of hydrogen-bond acceptors (Lipinski definition) is 2. The highest BCUT2D eigenvalue weighted by Gasteiger charge is 2.26. The molecule has 2 unspecified atom stereocenters. The fraction of sp³-hybridized carbons (Fsp3) is 0.412. The summed E-state index contributed by atoms with van der Waals surface area (Å²) in [4.78, 5) is 25.1. The van der Waals surface area contributed by atoms with Crippen LogP contribution in [0.5, 0.6) is 0 Å². The minimum Gasteiger partial charge on any atom is -0.278 e. The molecular weight excluding hydrogens is 250 g/mol. The topological polar surface area (TPSA) is 39.1 Å². The molecule has 0 spiro atoms. The van der Waals surface area contributed by atoms with Crippen molar-refractivity contribution in [2.24, 2.45) is 7.05 Å². The molecule has 0 aliphatic heterocycles. The van der Waals surface area contributed by atoms with Crippen LogP contribution in [0.4, 0.5) is 0 Å². The number of hydrogen-bond donors (Lipinski definition) is 0. The first-order valence-corrected chi connectivity index (χ1v) is 7.16. The molecule has 0 aromatic carbocycles. The third-order valence-electron chi connectivity index (χ3n) is 4.47. The third kappa shape index (κ3) is 1.73. The predicted octanol–water partition coefficient (Wildman–Crippen LogP) is 2.79. The Hall–Kier alpha value is -1.90. The van der Waals surface area contributed by atoms with Gasteiger partial charge in [-0.2, -0.15) is 0 Å². The van der Waals surface area contributed by atoms with E-state index in [4.69, 9.17) is 0 Å². The first-order valence-electron chi connectivity index (χ1n) is 7.16. The zero-order valence-corrected chi connectivity index (χ0v) is 12.1. The van der Waals surface area contributed by atoms with Crippen molar-refractivity contribution < 1.29 is 0 Å². The summed E-state index contributed by atoms with van der Waals surface area (Å²) in [5.41, 5.74) is 3.22. The second-order valence-corrected chi connectivity index (χ2v) is 5.90. The fourth-order valence-corrected chi connectivity index (χ4v) is 3.37. The molecule has 0 bridgehead atoms. The normalized spacial score (nSPS) is 23.4. The van der Waals surface area contributed by atoms with E-state index in [-0.39, 0.29) is 23.0 Å². The number of allylic oxidation sites excluding steroid dienone is 2. The molecule has 20 heavy (non-hydrogen) atoms. The Bertz CT molecular complexity index is 690. The summed E-state index contributed by atoms with van der Waals surface area (Å²) in [7, 11) is 1.57. The number of fused-ring (bicyclic) bond motifs is 3. The lowest BCUT2D eigenvalue weighted by molar-refractivity contribution is 0.707. The lowest BCUT2D eigenvalue weighted by atomic mass is 9.79. The Morgan fingerprint density at radius 1 is 0.900 bits per heavy atom. The molecule has 0 fully saturated rings. The van der Waals surface area contributed by atoms with Crippen molar-refractivity contribution in [3.8, 4) is 0 Å². The zero-order valence-electron chi connectivity index (χ0n) is 12.1. The summed E-state index contributed by atoms with van der Waals surface area (Å²) in [6, 6.07) is 0. The van der Waals surface area contributed by atoms with Gasteiger partial charge >= 0.3 is 0 Å². The van der Waals surface area contributed by atoms with Gasteiger partial charge in [0.2, 0.25) is 0 Å². The first-order chi connectivity index (χ1) is 9.52. The zero-order chi connectivity index (χ0) is 14.4. The molecule has 3 rings (SSSR count). The molecule has 0 saturated heterocycles. The van der Waals surface area contributed by atoms with Crippen molar-refractivity contribution in [1.29, 1.82) is 0 Å². The van der Waals surface area contributed by atoms with E-state index in [1.54, 1.807) is 7.05 Å². The molecule has 0 N–H and O–H groups in total. The van der Waals surface area contributed by atoms with E-state index < -0.39 is 0 Å². The minimum atomic E-state index is -0.178. The maximum absolute atomic E-state index is 12.5. The Morgan fingerprint density at radius 2 is 1.30 bits per heavy atom. The van der Waals surface area contributed by atoms with Gasteiger partial charge in [-0.15, -0.1) is 0 Å². The third-order valence-corrected chi connectivity index (χ3v) is 4.47. The monoisotopic (exact) mass is 269 g/mol. The molecule has 3 nitrogen and oxygen atoms in total. The maximum atomic E-state index is 12.5. The smallest absolute Gasteiger partial charge is 0.260 e. The van der Waals surface area contributed by atoms with E-state index in [2.05, 4.69) is 13.8 Å². The van der Waals surface area contributed by atoms with Crippen molar-refractivity contribution in [3.05, 3.63) is 55.1 Å². The molecule has 104 valence electrons. The molecule has 2 atom stereocenters. The predicted molar refractivity (Wildman–Crippen MR) is 82.1 cm³/mol. The van der Waals surface area contributed by atoms with Crippen LogP contribution >= 0.6 is 0 Å². The molecule has 0 amide bonds. The van der Waals surface area contributed by atoms with Crippen LogP contribution in [0.1, 0.15) is 60.8 Å². The summed E-state index contributed by atoms with van der Waals surface area (Å²) in [6.07, 6.45) is 9.71. The number of aromatic nitrogens is 1. The lowest BCUT2D eigenvalue weighted by Gasteiger charge is -2.24. The van der Waals surface area contributed by atoms with Gasteiger partial charge in [0.1, 0.15) is 0 Å². The summed E-state index contributed by atoms with van der Waals surface area (Å²) in [5, 5.41) is 0. The lowest BCUT2D eigenvalue weighted by Crippen LogP contribution is -2.29. The van der Waals surface area contributed by atoms with Crippen molar-refractivity contribution in [2.75, 3.05) is 0 Å². The summed E-state index contributed by atoms with van der Waals surface area (Å²) >= 11 is 0. The SMILES string of the molecule is CC1CC=Cc2c1c1c(c(=O)n(C)c2=O)C=CCC1C.